The lowest BCUT2D eigenvalue weighted by Gasteiger charge is -2.38. The first-order valence-corrected chi connectivity index (χ1v) is 13.2. The van der Waals surface area contributed by atoms with E-state index in [1.54, 1.807) is 0 Å². The number of hydrogen-bond acceptors (Lipinski definition) is 5. The quantitative estimate of drug-likeness (QED) is 0.415. The molecule has 1 aliphatic rings. The minimum atomic E-state index is -0.180. The standard InChI is InChI=1S/C23H34ClNO2S2/c1-4-28-20(26)15-16(3)21(23(27)29-5-2)22(17-9-7-6-8-10-17)25-19-13-11-18(24)12-14-19/h11-14,16-17,21-22,25H,4-10,15H2,1-3H3/t16-,21-,22+/m0/s1. The highest BCUT2D eigenvalue weighted by atomic mass is 35.5. The van der Waals surface area contributed by atoms with E-state index in [9.17, 15) is 9.59 Å². The van der Waals surface area contributed by atoms with Crippen LogP contribution in [0.3, 0.4) is 0 Å². The van der Waals surface area contributed by atoms with Crippen LogP contribution in [0.5, 0.6) is 0 Å². The molecular formula is C23H34ClNO2S2. The number of thioether (sulfide) groups is 2. The first-order valence-electron chi connectivity index (χ1n) is 10.8. The van der Waals surface area contributed by atoms with Gasteiger partial charge in [-0.15, -0.1) is 0 Å². The molecule has 162 valence electrons. The third kappa shape index (κ3) is 7.84. The molecule has 1 saturated carbocycles. The van der Waals surface area contributed by atoms with E-state index >= 15 is 0 Å². The molecule has 2 rings (SSSR count). The number of anilines is 1. The third-order valence-corrected chi connectivity index (χ3v) is 7.56. The summed E-state index contributed by atoms with van der Waals surface area (Å²) < 4.78 is 0. The highest BCUT2D eigenvalue weighted by molar-refractivity contribution is 8.13. The Hall–Kier alpha value is -0.650. The summed E-state index contributed by atoms with van der Waals surface area (Å²) in [5, 5.41) is 4.80. The number of rotatable bonds is 10. The topological polar surface area (TPSA) is 46.2 Å². The zero-order valence-corrected chi connectivity index (χ0v) is 20.2. The maximum absolute atomic E-state index is 13.2. The van der Waals surface area contributed by atoms with Crippen molar-refractivity contribution in [1.29, 1.82) is 0 Å². The van der Waals surface area contributed by atoms with Gasteiger partial charge in [0.1, 0.15) is 0 Å². The van der Waals surface area contributed by atoms with Crippen LogP contribution in [0.4, 0.5) is 5.69 Å². The van der Waals surface area contributed by atoms with E-state index < -0.39 is 0 Å². The maximum atomic E-state index is 13.2. The number of hydrogen-bond donors (Lipinski definition) is 1. The average molecular weight is 456 g/mol. The molecule has 1 N–H and O–H groups in total. The Bertz CT molecular complexity index is 647. The predicted molar refractivity (Wildman–Crippen MR) is 129 cm³/mol. The molecule has 1 aliphatic carbocycles. The molecule has 3 atom stereocenters. The average Bonchev–Trinajstić information content (AvgIpc) is 2.70. The summed E-state index contributed by atoms with van der Waals surface area (Å²) in [6.07, 6.45) is 6.42. The fraction of sp³-hybridized carbons (Fsp3) is 0.652. The van der Waals surface area contributed by atoms with Crippen molar-refractivity contribution in [3.63, 3.8) is 0 Å². The molecule has 0 aromatic heterocycles. The van der Waals surface area contributed by atoms with Crippen LogP contribution in [0.1, 0.15) is 59.3 Å². The Morgan fingerprint density at radius 2 is 1.69 bits per heavy atom. The molecule has 0 bridgehead atoms. The molecule has 6 heteroatoms. The minimum absolute atomic E-state index is 0.0137. The molecule has 1 aromatic carbocycles. The first kappa shape index (κ1) is 24.6. The molecular weight excluding hydrogens is 422 g/mol. The molecule has 29 heavy (non-hydrogen) atoms. The van der Waals surface area contributed by atoms with E-state index in [2.05, 4.69) is 12.2 Å². The summed E-state index contributed by atoms with van der Waals surface area (Å²) >= 11 is 8.82. The SMILES string of the molecule is CCSC(=O)C[C@H](C)[C@H](C(=O)SCC)[C@H](Nc1ccc(Cl)cc1)C1CCCCC1. The van der Waals surface area contributed by atoms with Gasteiger partial charge in [0, 0.05) is 23.2 Å². The van der Waals surface area contributed by atoms with Crippen LogP contribution in [0.25, 0.3) is 0 Å². The Balaban J connectivity index is 2.31. The molecule has 0 spiro atoms. The van der Waals surface area contributed by atoms with E-state index in [4.69, 9.17) is 11.6 Å². The lowest BCUT2D eigenvalue weighted by atomic mass is 9.74. The van der Waals surface area contributed by atoms with Crippen LogP contribution >= 0.6 is 35.1 Å². The zero-order valence-electron chi connectivity index (χ0n) is 17.8. The second-order valence-electron chi connectivity index (χ2n) is 7.84. The van der Waals surface area contributed by atoms with Crippen molar-refractivity contribution in [3.8, 4) is 0 Å². The van der Waals surface area contributed by atoms with Gasteiger partial charge in [-0.05, 0) is 60.4 Å². The van der Waals surface area contributed by atoms with Crippen molar-refractivity contribution < 1.29 is 9.59 Å². The van der Waals surface area contributed by atoms with Crippen molar-refractivity contribution in [2.75, 3.05) is 16.8 Å². The van der Waals surface area contributed by atoms with Crippen LogP contribution in [0, 0.1) is 17.8 Å². The molecule has 0 heterocycles. The molecule has 1 aromatic rings. The van der Waals surface area contributed by atoms with Gasteiger partial charge in [-0.2, -0.15) is 0 Å². The Labute approximate surface area is 189 Å². The van der Waals surface area contributed by atoms with E-state index in [0.29, 0.717) is 17.4 Å². The van der Waals surface area contributed by atoms with E-state index in [1.807, 2.05) is 38.1 Å². The third-order valence-electron chi connectivity index (χ3n) is 5.69. The van der Waals surface area contributed by atoms with Crippen LogP contribution < -0.4 is 5.32 Å². The van der Waals surface area contributed by atoms with Crippen molar-refractivity contribution in [1.82, 2.24) is 0 Å². The van der Waals surface area contributed by atoms with Gasteiger partial charge in [-0.3, -0.25) is 9.59 Å². The number of carbonyl (C=O) groups excluding carboxylic acids is 2. The molecule has 3 nitrogen and oxygen atoms in total. The first-order chi connectivity index (χ1) is 14.0. The van der Waals surface area contributed by atoms with E-state index in [1.165, 1.54) is 42.8 Å². The fourth-order valence-corrected chi connectivity index (χ4v) is 6.00. The van der Waals surface area contributed by atoms with Crippen molar-refractivity contribution in [3.05, 3.63) is 29.3 Å². The lowest BCUT2D eigenvalue weighted by molar-refractivity contribution is -0.118. The molecule has 0 amide bonds. The smallest absolute Gasteiger partial charge is 0.194 e. The van der Waals surface area contributed by atoms with Crippen molar-refractivity contribution >= 4 is 51.0 Å². The highest BCUT2D eigenvalue weighted by Crippen LogP contribution is 2.37. The summed E-state index contributed by atoms with van der Waals surface area (Å²) in [6.45, 7) is 6.09. The number of nitrogens with one attached hydrogen (secondary N) is 1. The molecule has 0 aliphatic heterocycles. The van der Waals surface area contributed by atoms with Crippen LogP contribution in [0.15, 0.2) is 24.3 Å². The van der Waals surface area contributed by atoms with Gasteiger partial charge in [0.25, 0.3) is 0 Å². The molecule has 0 unspecified atom stereocenters. The summed E-state index contributed by atoms with van der Waals surface area (Å²) in [7, 11) is 0. The largest absolute Gasteiger partial charge is 0.381 e. The summed E-state index contributed by atoms with van der Waals surface area (Å²) in [4.78, 5) is 25.6. The second-order valence-corrected chi connectivity index (χ2v) is 10.9. The Kier molecular flexibility index (Phi) is 11.0. The number of benzene rings is 1. The van der Waals surface area contributed by atoms with Gasteiger partial charge in [-0.1, -0.05) is 75.2 Å². The summed E-state index contributed by atoms with van der Waals surface area (Å²) in [5.41, 5.74) is 0.991. The van der Waals surface area contributed by atoms with Crippen molar-refractivity contribution in [2.24, 2.45) is 17.8 Å². The van der Waals surface area contributed by atoms with Gasteiger partial charge in [0.2, 0.25) is 0 Å². The highest BCUT2D eigenvalue weighted by Gasteiger charge is 2.38. The van der Waals surface area contributed by atoms with E-state index in [0.717, 1.165) is 30.0 Å². The Morgan fingerprint density at radius 1 is 1.07 bits per heavy atom. The van der Waals surface area contributed by atoms with Crippen molar-refractivity contribution in [2.45, 2.75) is 65.3 Å². The number of halogens is 1. The summed E-state index contributed by atoms with van der Waals surface area (Å²) in [5.74, 6) is 1.82. The van der Waals surface area contributed by atoms with Gasteiger partial charge in [-0.25, -0.2) is 0 Å². The van der Waals surface area contributed by atoms with Crippen LogP contribution in [-0.4, -0.2) is 27.8 Å². The Morgan fingerprint density at radius 3 is 2.28 bits per heavy atom. The maximum Gasteiger partial charge on any atom is 0.194 e. The molecule has 0 radical (unpaired) electrons. The second kappa shape index (κ2) is 12.9. The normalized spacial score (nSPS) is 18.1. The number of carbonyl (C=O) groups is 2. The van der Waals surface area contributed by atoms with Gasteiger partial charge in [0.05, 0.1) is 5.92 Å². The molecule has 0 saturated heterocycles. The van der Waals surface area contributed by atoms with E-state index in [-0.39, 0.29) is 28.1 Å². The fourth-order valence-electron chi connectivity index (χ4n) is 4.31. The predicted octanol–water partition coefficient (Wildman–Crippen LogP) is 6.90. The lowest BCUT2D eigenvalue weighted by Crippen LogP contribution is -2.44. The monoisotopic (exact) mass is 455 g/mol. The molecule has 1 fully saturated rings. The zero-order chi connectivity index (χ0) is 21.2. The summed E-state index contributed by atoms with van der Waals surface area (Å²) in [6, 6.07) is 7.76. The van der Waals surface area contributed by atoms with Gasteiger partial charge >= 0.3 is 0 Å². The van der Waals surface area contributed by atoms with Crippen LogP contribution in [0.2, 0.25) is 5.02 Å². The minimum Gasteiger partial charge on any atom is -0.381 e. The van der Waals surface area contributed by atoms with Gasteiger partial charge in [0.15, 0.2) is 10.2 Å². The van der Waals surface area contributed by atoms with Crippen LogP contribution in [-0.2, 0) is 9.59 Å². The van der Waals surface area contributed by atoms with Gasteiger partial charge < -0.3 is 5.32 Å².